The molecule has 0 N–H and O–H groups in total. The number of Topliss-reactive ketones (excluding diaryl/α,β-unsaturated/α-hetero) is 1. The van der Waals surface area contributed by atoms with E-state index in [-0.39, 0.29) is 44.6 Å². The molecule has 3 nitrogen and oxygen atoms in total. The number of fused-ring (bicyclic) bond motifs is 5. The van der Waals surface area contributed by atoms with Crippen molar-refractivity contribution < 1.29 is 14.3 Å². The summed E-state index contributed by atoms with van der Waals surface area (Å²) in [6, 6.07) is 0. The lowest BCUT2D eigenvalue weighted by molar-refractivity contribution is -0.239. The third kappa shape index (κ3) is 2.39. The van der Waals surface area contributed by atoms with Crippen LogP contribution in [0.25, 0.3) is 0 Å². The number of ketones is 1. The molecule has 0 amide bonds. The van der Waals surface area contributed by atoms with Crippen LogP contribution in [0.5, 0.6) is 0 Å². The molecule has 2 bridgehead atoms. The molecule has 0 aromatic rings. The van der Waals surface area contributed by atoms with Crippen molar-refractivity contribution in [1.82, 2.24) is 0 Å². The summed E-state index contributed by atoms with van der Waals surface area (Å²) in [6.45, 7) is 17.0. The van der Waals surface area contributed by atoms with Crippen molar-refractivity contribution in [1.29, 1.82) is 0 Å². The maximum absolute atomic E-state index is 13.3. The van der Waals surface area contributed by atoms with Crippen LogP contribution in [-0.4, -0.2) is 17.9 Å². The van der Waals surface area contributed by atoms with Crippen LogP contribution < -0.4 is 0 Å². The molecule has 6 fully saturated rings. The predicted molar refractivity (Wildman–Crippen MR) is 129 cm³/mol. The van der Waals surface area contributed by atoms with E-state index in [1.807, 2.05) is 0 Å². The van der Waals surface area contributed by atoms with E-state index < -0.39 is 0 Å². The second-order valence-electron chi connectivity index (χ2n) is 15.3. The molecule has 0 spiro atoms. The van der Waals surface area contributed by atoms with E-state index >= 15 is 0 Å². The molecule has 1 saturated heterocycles. The summed E-state index contributed by atoms with van der Waals surface area (Å²) in [4.78, 5) is 26.3. The van der Waals surface area contributed by atoms with Crippen LogP contribution in [-0.2, 0) is 14.3 Å². The molecule has 0 unspecified atom stereocenters. The summed E-state index contributed by atoms with van der Waals surface area (Å²) < 4.78 is 6.27. The molecule has 9 atom stereocenters. The van der Waals surface area contributed by atoms with E-state index in [0.717, 1.165) is 32.1 Å². The second-order valence-corrected chi connectivity index (χ2v) is 15.3. The van der Waals surface area contributed by atoms with Gasteiger partial charge in [-0.1, -0.05) is 48.5 Å². The van der Waals surface area contributed by atoms with Gasteiger partial charge >= 0.3 is 5.97 Å². The van der Waals surface area contributed by atoms with Gasteiger partial charge in [-0.3, -0.25) is 9.59 Å². The smallest absolute Gasteiger partial charge is 0.312 e. The van der Waals surface area contributed by atoms with E-state index in [1.165, 1.54) is 32.1 Å². The van der Waals surface area contributed by atoms with Crippen molar-refractivity contribution in [3.05, 3.63) is 0 Å². The second kappa shape index (κ2) is 6.28. The standard InChI is InChI=1S/C30H46O3/c1-25(2)14-16-30-17-15-28(6)18(22(30)23(25)33-24(30)32)8-9-20-27(5)12-11-21(31)26(3,4)19(27)10-13-29(20,28)7/h18-20,22-23H,8-17H2,1-7H3/t18-,19+,20+,22-,23-,27+,28-,29+,30-/m1/s1. The van der Waals surface area contributed by atoms with Gasteiger partial charge in [0, 0.05) is 23.2 Å². The Bertz CT molecular complexity index is 918. The summed E-state index contributed by atoms with van der Waals surface area (Å²) in [6.07, 6.45) is 11.2. The van der Waals surface area contributed by atoms with Crippen LogP contribution >= 0.6 is 0 Å². The Balaban J connectivity index is 1.42. The number of esters is 1. The first kappa shape index (κ1) is 22.6. The van der Waals surface area contributed by atoms with Crippen LogP contribution in [0.3, 0.4) is 0 Å². The maximum atomic E-state index is 13.3. The fourth-order valence-corrected chi connectivity index (χ4v) is 11.6. The molecule has 5 saturated carbocycles. The monoisotopic (exact) mass is 454 g/mol. The van der Waals surface area contributed by atoms with Crippen molar-refractivity contribution in [2.24, 2.45) is 56.2 Å². The number of carbonyl (C=O) groups is 2. The van der Waals surface area contributed by atoms with Crippen LogP contribution in [0.15, 0.2) is 0 Å². The first-order chi connectivity index (χ1) is 15.2. The van der Waals surface area contributed by atoms with Gasteiger partial charge in [0.15, 0.2) is 0 Å². The van der Waals surface area contributed by atoms with Crippen LogP contribution in [0.2, 0.25) is 0 Å². The fourth-order valence-electron chi connectivity index (χ4n) is 11.6. The van der Waals surface area contributed by atoms with Crippen molar-refractivity contribution in [3.8, 4) is 0 Å². The van der Waals surface area contributed by atoms with Gasteiger partial charge in [0.25, 0.3) is 0 Å². The van der Waals surface area contributed by atoms with Gasteiger partial charge in [-0.25, -0.2) is 0 Å². The SMILES string of the molecule is CC1(C)CC[C@@]23CC[C@]4(C)[C@H](CC[C@H]5[C@@]6(C)CCC(=O)C(C)(C)[C@@H]6CC[C@@]54C)[C@@H]2[C@H]1OC3=O. The lowest BCUT2D eigenvalue weighted by Gasteiger charge is -2.72. The predicted octanol–water partition coefficient (Wildman–Crippen LogP) is 6.97. The van der Waals surface area contributed by atoms with Crippen LogP contribution in [0.4, 0.5) is 0 Å². The summed E-state index contributed by atoms with van der Waals surface area (Å²) in [5.74, 6) is 2.80. The van der Waals surface area contributed by atoms with Gasteiger partial charge in [0.1, 0.15) is 11.9 Å². The highest BCUT2D eigenvalue weighted by atomic mass is 16.6. The van der Waals surface area contributed by atoms with E-state index in [0.29, 0.717) is 29.5 Å². The van der Waals surface area contributed by atoms with E-state index in [2.05, 4.69) is 48.5 Å². The van der Waals surface area contributed by atoms with Gasteiger partial charge in [-0.2, -0.15) is 0 Å². The summed E-state index contributed by atoms with van der Waals surface area (Å²) in [5, 5.41) is 0. The molecule has 0 aromatic heterocycles. The van der Waals surface area contributed by atoms with Crippen LogP contribution in [0.1, 0.15) is 113 Å². The number of hydrogen-bond donors (Lipinski definition) is 0. The van der Waals surface area contributed by atoms with Gasteiger partial charge in [-0.15, -0.1) is 0 Å². The third-order valence-electron chi connectivity index (χ3n) is 13.8. The Hall–Kier alpha value is -0.860. The Morgan fingerprint density at radius 3 is 2.15 bits per heavy atom. The van der Waals surface area contributed by atoms with Gasteiger partial charge in [0.05, 0.1) is 5.41 Å². The molecule has 0 radical (unpaired) electrons. The summed E-state index contributed by atoms with van der Waals surface area (Å²) in [7, 11) is 0. The molecule has 1 aliphatic heterocycles. The molecule has 3 heteroatoms. The molecule has 184 valence electrons. The first-order valence-corrected chi connectivity index (χ1v) is 14.0. The number of ether oxygens (including phenoxy) is 1. The van der Waals surface area contributed by atoms with Crippen molar-refractivity contribution >= 4 is 11.8 Å². The highest BCUT2D eigenvalue weighted by Gasteiger charge is 2.75. The normalized spacial score (nSPS) is 56.2. The highest BCUT2D eigenvalue weighted by Crippen LogP contribution is 2.77. The Morgan fingerprint density at radius 1 is 0.727 bits per heavy atom. The average Bonchev–Trinajstić information content (AvgIpc) is 2.99. The Labute approximate surface area is 201 Å². The van der Waals surface area contributed by atoms with Crippen molar-refractivity contribution in [2.45, 2.75) is 119 Å². The molecule has 6 rings (SSSR count). The fraction of sp³-hybridized carbons (Fsp3) is 0.933. The molecule has 1 heterocycles. The third-order valence-corrected chi connectivity index (χ3v) is 13.8. The summed E-state index contributed by atoms with van der Waals surface area (Å²) >= 11 is 0. The minimum Gasteiger partial charge on any atom is -0.461 e. The number of carbonyl (C=O) groups excluding carboxylic acids is 2. The zero-order valence-electron chi connectivity index (χ0n) is 22.2. The quantitative estimate of drug-likeness (QED) is 0.371. The molecule has 0 aromatic carbocycles. The van der Waals surface area contributed by atoms with Crippen molar-refractivity contribution in [3.63, 3.8) is 0 Å². The molecule has 6 aliphatic rings. The van der Waals surface area contributed by atoms with Gasteiger partial charge < -0.3 is 4.74 Å². The highest BCUT2D eigenvalue weighted by molar-refractivity contribution is 5.85. The molecular weight excluding hydrogens is 408 g/mol. The first-order valence-electron chi connectivity index (χ1n) is 14.0. The topological polar surface area (TPSA) is 43.4 Å². The van der Waals surface area contributed by atoms with Crippen molar-refractivity contribution in [2.75, 3.05) is 0 Å². The Morgan fingerprint density at radius 2 is 1.42 bits per heavy atom. The minimum atomic E-state index is -0.200. The minimum absolute atomic E-state index is 0.0910. The summed E-state index contributed by atoms with van der Waals surface area (Å²) in [5.41, 5.74) is 0.494. The van der Waals surface area contributed by atoms with E-state index in [1.54, 1.807) is 0 Å². The lowest BCUT2D eigenvalue weighted by atomic mass is 9.31. The Kier molecular flexibility index (Phi) is 4.30. The largest absolute Gasteiger partial charge is 0.461 e. The van der Waals surface area contributed by atoms with E-state index in [9.17, 15) is 9.59 Å². The average molecular weight is 455 g/mol. The van der Waals surface area contributed by atoms with E-state index in [4.69, 9.17) is 4.74 Å². The lowest BCUT2D eigenvalue weighted by Crippen LogP contribution is -2.67. The maximum Gasteiger partial charge on any atom is 0.312 e. The zero-order chi connectivity index (χ0) is 23.8. The molecular formula is C30H46O3. The number of rotatable bonds is 0. The van der Waals surface area contributed by atoms with Gasteiger partial charge in [0.2, 0.25) is 0 Å². The zero-order valence-corrected chi connectivity index (χ0v) is 22.2. The number of hydrogen-bond acceptors (Lipinski definition) is 3. The molecule has 33 heavy (non-hydrogen) atoms. The van der Waals surface area contributed by atoms with Gasteiger partial charge in [-0.05, 0) is 91.8 Å². The van der Waals surface area contributed by atoms with Crippen LogP contribution in [0, 0.1) is 56.2 Å². The molecule has 5 aliphatic carbocycles.